The monoisotopic (exact) mass is 339 g/mol. The molecule has 0 aromatic heterocycles. The van der Waals surface area contributed by atoms with Crippen molar-refractivity contribution >= 4 is 15.9 Å². The Labute approximate surface area is 131 Å². The molecule has 1 fully saturated rings. The Morgan fingerprint density at radius 3 is 2.75 bits per heavy atom. The van der Waals surface area contributed by atoms with Crippen molar-refractivity contribution in [2.75, 3.05) is 20.2 Å². The third-order valence-corrected chi connectivity index (χ3v) is 5.17. The van der Waals surface area contributed by atoms with Gasteiger partial charge in [-0.15, -0.1) is 0 Å². The van der Waals surface area contributed by atoms with Crippen LogP contribution in [-0.4, -0.2) is 20.2 Å². The molecule has 2 rings (SSSR count). The van der Waals surface area contributed by atoms with Gasteiger partial charge in [-0.05, 0) is 73.9 Å². The van der Waals surface area contributed by atoms with E-state index in [0.29, 0.717) is 5.92 Å². The Bertz CT molecular complexity index is 465. The summed E-state index contributed by atoms with van der Waals surface area (Å²) in [6.45, 7) is 8.95. The summed E-state index contributed by atoms with van der Waals surface area (Å²) in [6.07, 6.45) is 3.72. The topological polar surface area (TPSA) is 21.3 Å². The van der Waals surface area contributed by atoms with Crippen molar-refractivity contribution in [2.45, 2.75) is 46.0 Å². The summed E-state index contributed by atoms with van der Waals surface area (Å²) in [5, 5.41) is 3.51. The lowest BCUT2D eigenvalue weighted by Gasteiger charge is -2.26. The highest BCUT2D eigenvalue weighted by Gasteiger charge is 2.21. The first kappa shape index (κ1) is 15.8. The number of piperidine rings is 1. The predicted molar refractivity (Wildman–Crippen MR) is 88.8 cm³/mol. The molecule has 1 unspecified atom stereocenters. The van der Waals surface area contributed by atoms with E-state index in [1.54, 1.807) is 7.11 Å². The summed E-state index contributed by atoms with van der Waals surface area (Å²) in [4.78, 5) is 0. The van der Waals surface area contributed by atoms with Gasteiger partial charge in [0, 0.05) is 4.47 Å². The molecular weight excluding hydrogens is 314 g/mol. The average molecular weight is 340 g/mol. The van der Waals surface area contributed by atoms with Gasteiger partial charge >= 0.3 is 0 Å². The Morgan fingerprint density at radius 2 is 2.20 bits per heavy atom. The second-order valence-electron chi connectivity index (χ2n) is 6.16. The lowest BCUT2D eigenvalue weighted by Crippen LogP contribution is -2.31. The van der Waals surface area contributed by atoms with Crippen LogP contribution in [0.15, 0.2) is 10.5 Å². The molecule has 1 heterocycles. The lowest BCUT2D eigenvalue weighted by molar-refractivity contribution is 0.361. The van der Waals surface area contributed by atoms with E-state index >= 15 is 0 Å². The van der Waals surface area contributed by atoms with E-state index in [0.717, 1.165) is 24.6 Å². The first-order valence-electron chi connectivity index (χ1n) is 7.61. The first-order valence-corrected chi connectivity index (χ1v) is 8.40. The highest BCUT2D eigenvalue weighted by atomic mass is 79.9. The van der Waals surface area contributed by atoms with Crippen molar-refractivity contribution in [3.05, 3.63) is 27.2 Å². The molecule has 0 radical (unpaired) electrons. The number of halogens is 1. The average Bonchev–Trinajstić information content (AvgIpc) is 2.44. The van der Waals surface area contributed by atoms with Gasteiger partial charge in [0.2, 0.25) is 0 Å². The van der Waals surface area contributed by atoms with E-state index in [1.165, 1.54) is 40.5 Å². The van der Waals surface area contributed by atoms with Crippen molar-refractivity contribution < 1.29 is 4.74 Å². The second kappa shape index (κ2) is 6.95. The predicted octanol–water partition coefficient (Wildman–Crippen LogP) is 4.43. The van der Waals surface area contributed by atoms with Crippen molar-refractivity contribution in [3.63, 3.8) is 0 Å². The van der Waals surface area contributed by atoms with Gasteiger partial charge in [-0.3, -0.25) is 0 Å². The zero-order chi connectivity index (χ0) is 14.7. The van der Waals surface area contributed by atoms with Crippen LogP contribution in [0.25, 0.3) is 0 Å². The molecule has 112 valence electrons. The minimum absolute atomic E-state index is 0.477. The summed E-state index contributed by atoms with van der Waals surface area (Å²) in [7, 11) is 1.80. The zero-order valence-corrected chi connectivity index (χ0v) is 14.6. The van der Waals surface area contributed by atoms with Crippen LogP contribution in [-0.2, 0) is 6.42 Å². The molecule has 0 spiro atoms. The molecule has 3 heteroatoms. The van der Waals surface area contributed by atoms with Gasteiger partial charge in [0.1, 0.15) is 5.75 Å². The molecule has 1 aromatic rings. The summed E-state index contributed by atoms with van der Waals surface area (Å²) in [5.74, 6) is 2.31. The van der Waals surface area contributed by atoms with Crippen LogP contribution in [0.3, 0.4) is 0 Å². The summed E-state index contributed by atoms with van der Waals surface area (Å²) >= 11 is 3.72. The summed E-state index contributed by atoms with van der Waals surface area (Å²) < 4.78 is 6.98. The molecule has 1 N–H and O–H groups in total. The van der Waals surface area contributed by atoms with Crippen LogP contribution in [0.4, 0.5) is 0 Å². The van der Waals surface area contributed by atoms with Crippen LogP contribution in [0.2, 0.25) is 0 Å². The van der Waals surface area contributed by atoms with E-state index in [1.807, 2.05) is 0 Å². The van der Waals surface area contributed by atoms with Crippen molar-refractivity contribution in [1.82, 2.24) is 5.32 Å². The van der Waals surface area contributed by atoms with Gasteiger partial charge in [0.15, 0.2) is 0 Å². The Kier molecular flexibility index (Phi) is 5.50. The SMILES string of the molecule is COc1c(C(C)C)cc(Br)c(C)c1CC1CCCNC1. The number of ether oxygens (including phenoxy) is 1. The van der Waals surface area contributed by atoms with Gasteiger partial charge in [-0.2, -0.15) is 0 Å². The maximum Gasteiger partial charge on any atom is 0.125 e. The number of benzene rings is 1. The molecule has 1 aromatic carbocycles. The largest absolute Gasteiger partial charge is 0.496 e. The number of hydrogen-bond donors (Lipinski definition) is 1. The smallest absolute Gasteiger partial charge is 0.125 e. The number of rotatable bonds is 4. The number of nitrogens with one attached hydrogen (secondary N) is 1. The lowest BCUT2D eigenvalue weighted by atomic mass is 9.87. The Morgan fingerprint density at radius 1 is 1.45 bits per heavy atom. The van der Waals surface area contributed by atoms with E-state index in [9.17, 15) is 0 Å². The van der Waals surface area contributed by atoms with Crippen LogP contribution in [0.1, 0.15) is 49.3 Å². The zero-order valence-electron chi connectivity index (χ0n) is 13.1. The minimum atomic E-state index is 0.477. The molecule has 1 aliphatic rings. The maximum atomic E-state index is 5.77. The fourth-order valence-electron chi connectivity index (χ4n) is 3.10. The fourth-order valence-corrected chi connectivity index (χ4v) is 3.59. The van der Waals surface area contributed by atoms with Crippen LogP contribution in [0.5, 0.6) is 5.75 Å². The molecule has 1 saturated heterocycles. The molecule has 1 atom stereocenters. The third-order valence-electron chi connectivity index (χ3n) is 4.35. The Balaban J connectivity index is 2.38. The molecule has 0 amide bonds. The number of hydrogen-bond acceptors (Lipinski definition) is 2. The molecule has 0 bridgehead atoms. The standard InChI is InChI=1S/C17H26BrNO/c1-11(2)14-9-16(18)12(3)15(17(14)20-4)8-13-6-5-7-19-10-13/h9,11,13,19H,5-8,10H2,1-4H3. The fraction of sp³-hybridized carbons (Fsp3) is 0.647. The molecule has 0 saturated carbocycles. The molecule has 0 aliphatic carbocycles. The maximum absolute atomic E-state index is 5.77. The van der Waals surface area contributed by atoms with Crippen LogP contribution in [0, 0.1) is 12.8 Å². The second-order valence-corrected chi connectivity index (χ2v) is 7.01. The molecular formula is C17H26BrNO. The van der Waals surface area contributed by atoms with Gasteiger partial charge in [-0.25, -0.2) is 0 Å². The van der Waals surface area contributed by atoms with E-state index in [-0.39, 0.29) is 0 Å². The first-order chi connectivity index (χ1) is 9.54. The van der Waals surface area contributed by atoms with Gasteiger partial charge in [0.05, 0.1) is 7.11 Å². The minimum Gasteiger partial charge on any atom is -0.496 e. The van der Waals surface area contributed by atoms with Gasteiger partial charge in [0.25, 0.3) is 0 Å². The Hall–Kier alpha value is -0.540. The van der Waals surface area contributed by atoms with E-state index in [2.05, 4.69) is 48.1 Å². The normalized spacial score (nSPS) is 19.4. The van der Waals surface area contributed by atoms with Crippen molar-refractivity contribution in [1.29, 1.82) is 0 Å². The van der Waals surface area contributed by atoms with Crippen LogP contribution >= 0.6 is 15.9 Å². The van der Waals surface area contributed by atoms with Crippen molar-refractivity contribution in [2.24, 2.45) is 5.92 Å². The molecule has 20 heavy (non-hydrogen) atoms. The highest BCUT2D eigenvalue weighted by Crippen LogP contribution is 2.38. The third kappa shape index (κ3) is 3.37. The highest BCUT2D eigenvalue weighted by molar-refractivity contribution is 9.10. The molecule has 2 nitrogen and oxygen atoms in total. The van der Waals surface area contributed by atoms with Gasteiger partial charge in [-0.1, -0.05) is 29.8 Å². The van der Waals surface area contributed by atoms with Crippen LogP contribution < -0.4 is 10.1 Å². The quantitative estimate of drug-likeness (QED) is 0.875. The summed E-state index contributed by atoms with van der Waals surface area (Å²) in [6, 6.07) is 2.22. The van der Waals surface area contributed by atoms with Gasteiger partial charge < -0.3 is 10.1 Å². The van der Waals surface area contributed by atoms with Crippen molar-refractivity contribution in [3.8, 4) is 5.75 Å². The van der Waals surface area contributed by atoms with E-state index < -0.39 is 0 Å². The molecule has 1 aliphatic heterocycles. The summed E-state index contributed by atoms with van der Waals surface area (Å²) in [5.41, 5.74) is 4.03. The number of methoxy groups -OCH3 is 1. The van der Waals surface area contributed by atoms with E-state index in [4.69, 9.17) is 4.74 Å².